The molecule has 0 aliphatic rings. The van der Waals surface area contributed by atoms with Gasteiger partial charge >= 0.3 is 0 Å². The highest BCUT2D eigenvalue weighted by Gasteiger charge is 2.16. The maximum absolute atomic E-state index is 12.6. The zero-order valence-electron chi connectivity index (χ0n) is 14.8. The Balaban J connectivity index is 1.73. The molecule has 3 heteroatoms. The summed E-state index contributed by atoms with van der Waals surface area (Å²) in [6.45, 7) is 2.06. The van der Waals surface area contributed by atoms with Crippen LogP contribution in [0.3, 0.4) is 0 Å². The molecule has 0 radical (unpaired) electrons. The van der Waals surface area contributed by atoms with Crippen molar-refractivity contribution in [3.05, 3.63) is 106 Å². The second-order valence-electron chi connectivity index (χ2n) is 6.45. The Bertz CT molecular complexity index is 859. The van der Waals surface area contributed by atoms with Crippen molar-refractivity contribution in [3.63, 3.8) is 0 Å². The Labute approximate surface area is 159 Å². The van der Waals surface area contributed by atoms with Gasteiger partial charge in [-0.2, -0.15) is 0 Å². The van der Waals surface area contributed by atoms with Gasteiger partial charge in [-0.05, 0) is 42.2 Å². The Morgan fingerprint density at radius 2 is 1.62 bits per heavy atom. The Morgan fingerprint density at radius 1 is 0.923 bits per heavy atom. The van der Waals surface area contributed by atoms with Gasteiger partial charge in [0.15, 0.2) is 0 Å². The molecule has 2 nitrogen and oxygen atoms in total. The molecule has 0 aliphatic carbocycles. The van der Waals surface area contributed by atoms with Gasteiger partial charge < -0.3 is 5.32 Å². The molecule has 0 saturated heterocycles. The van der Waals surface area contributed by atoms with Crippen LogP contribution < -0.4 is 5.32 Å². The maximum Gasteiger partial charge on any atom is 0.221 e. The third-order valence-corrected chi connectivity index (χ3v) is 4.62. The summed E-state index contributed by atoms with van der Waals surface area (Å²) in [6, 6.07) is 25.8. The number of carbonyl (C=O) groups excluding carboxylic acids is 1. The van der Waals surface area contributed by atoms with Gasteiger partial charge in [-0.25, -0.2) is 0 Å². The van der Waals surface area contributed by atoms with Gasteiger partial charge in [-0.15, -0.1) is 0 Å². The molecule has 26 heavy (non-hydrogen) atoms. The first-order valence-corrected chi connectivity index (χ1v) is 9.15. The predicted molar refractivity (Wildman–Crippen MR) is 107 cm³/mol. The second-order valence-corrected chi connectivity index (χ2v) is 6.89. The molecule has 3 aromatic rings. The normalized spacial score (nSPS) is 11.8. The zero-order chi connectivity index (χ0) is 18.4. The molecule has 132 valence electrons. The minimum atomic E-state index is -0.145. The van der Waals surface area contributed by atoms with E-state index in [2.05, 4.69) is 30.4 Å². The summed E-state index contributed by atoms with van der Waals surface area (Å²) in [5, 5.41) is 3.90. The van der Waals surface area contributed by atoms with E-state index in [1.54, 1.807) is 0 Å². The second kappa shape index (κ2) is 8.68. The smallest absolute Gasteiger partial charge is 0.221 e. The van der Waals surface area contributed by atoms with Crippen molar-refractivity contribution in [1.82, 2.24) is 5.32 Å². The third kappa shape index (κ3) is 4.96. The average Bonchev–Trinajstić information content (AvgIpc) is 2.66. The Hall–Kier alpha value is -2.58. The molecular weight excluding hydrogens is 342 g/mol. The topological polar surface area (TPSA) is 29.1 Å². The monoisotopic (exact) mass is 363 g/mol. The van der Waals surface area contributed by atoms with Gasteiger partial charge in [-0.3, -0.25) is 4.79 Å². The number of carbonyl (C=O) groups is 1. The van der Waals surface area contributed by atoms with Gasteiger partial charge in [0.25, 0.3) is 0 Å². The predicted octanol–water partition coefficient (Wildman–Crippen LogP) is 5.49. The molecule has 0 fully saturated rings. The van der Waals surface area contributed by atoms with E-state index in [1.807, 2.05) is 60.7 Å². The van der Waals surface area contributed by atoms with Crippen molar-refractivity contribution >= 4 is 17.5 Å². The van der Waals surface area contributed by atoms with E-state index < -0.39 is 0 Å². The number of amides is 1. The van der Waals surface area contributed by atoms with Crippen molar-refractivity contribution in [1.29, 1.82) is 0 Å². The van der Waals surface area contributed by atoms with Gasteiger partial charge in [-0.1, -0.05) is 83.9 Å². The Morgan fingerprint density at radius 3 is 2.31 bits per heavy atom. The number of halogens is 1. The van der Waals surface area contributed by atoms with Crippen LogP contribution in [0.25, 0.3) is 0 Å². The highest BCUT2D eigenvalue weighted by Crippen LogP contribution is 2.23. The van der Waals surface area contributed by atoms with Crippen LogP contribution in [0.15, 0.2) is 78.9 Å². The van der Waals surface area contributed by atoms with Crippen LogP contribution in [-0.2, 0) is 11.2 Å². The number of hydrogen-bond acceptors (Lipinski definition) is 1. The molecule has 0 bridgehead atoms. The van der Waals surface area contributed by atoms with E-state index in [4.69, 9.17) is 11.6 Å². The summed E-state index contributed by atoms with van der Waals surface area (Å²) in [5.41, 5.74) is 4.46. The Kier molecular flexibility index (Phi) is 6.08. The number of aryl methyl sites for hydroxylation is 2. The van der Waals surface area contributed by atoms with Crippen LogP contribution in [0.1, 0.15) is 34.7 Å². The number of benzene rings is 3. The first-order chi connectivity index (χ1) is 12.6. The third-order valence-electron chi connectivity index (χ3n) is 4.37. The van der Waals surface area contributed by atoms with Crippen LogP contribution in [0, 0.1) is 6.92 Å². The minimum absolute atomic E-state index is 0.0373. The van der Waals surface area contributed by atoms with Crippen LogP contribution in [0.4, 0.5) is 0 Å². The summed E-state index contributed by atoms with van der Waals surface area (Å²) in [7, 11) is 0. The SMILES string of the molecule is Cc1cccc([C@H](NC(=O)CCc2ccc(Cl)cc2)c2ccccc2)c1. The molecule has 0 spiro atoms. The first kappa shape index (κ1) is 18.2. The van der Waals surface area contributed by atoms with Gasteiger partial charge in [0.1, 0.15) is 0 Å². The zero-order valence-corrected chi connectivity index (χ0v) is 15.5. The van der Waals surface area contributed by atoms with Crippen LogP contribution in [-0.4, -0.2) is 5.91 Å². The molecule has 0 saturated carbocycles. The van der Waals surface area contributed by atoms with Crippen molar-refractivity contribution in [2.75, 3.05) is 0 Å². The summed E-state index contributed by atoms with van der Waals surface area (Å²) in [4.78, 5) is 12.6. The molecule has 1 atom stereocenters. The molecule has 0 aromatic heterocycles. The standard InChI is InChI=1S/C23H22ClNO/c1-17-6-5-9-20(16-17)23(19-7-3-2-4-8-19)25-22(26)15-12-18-10-13-21(24)14-11-18/h2-11,13-14,16,23H,12,15H2,1H3,(H,25,26)/t23-/m1/s1. The van der Waals surface area contributed by atoms with Crippen molar-refractivity contribution in [3.8, 4) is 0 Å². The van der Waals surface area contributed by atoms with Crippen molar-refractivity contribution in [2.45, 2.75) is 25.8 Å². The van der Waals surface area contributed by atoms with E-state index >= 15 is 0 Å². The van der Waals surface area contributed by atoms with E-state index in [-0.39, 0.29) is 11.9 Å². The van der Waals surface area contributed by atoms with Gasteiger partial charge in [0.05, 0.1) is 6.04 Å². The minimum Gasteiger partial charge on any atom is -0.345 e. The molecule has 0 unspecified atom stereocenters. The molecule has 0 heterocycles. The lowest BCUT2D eigenvalue weighted by Crippen LogP contribution is -2.29. The maximum atomic E-state index is 12.6. The van der Waals surface area contributed by atoms with Crippen LogP contribution in [0.2, 0.25) is 5.02 Å². The van der Waals surface area contributed by atoms with E-state index in [1.165, 1.54) is 5.56 Å². The summed E-state index contributed by atoms with van der Waals surface area (Å²) in [5.74, 6) is 0.0373. The molecule has 1 amide bonds. The fraction of sp³-hybridized carbons (Fsp3) is 0.174. The van der Waals surface area contributed by atoms with Crippen molar-refractivity contribution < 1.29 is 4.79 Å². The molecule has 1 N–H and O–H groups in total. The largest absolute Gasteiger partial charge is 0.345 e. The molecule has 0 aliphatic heterocycles. The highest BCUT2D eigenvalue weighted by atomic mass is 35.5. The van der Waals surface area contributed by atoms with E-state index in [0.29, 0.717) is 17.9 Å². The fourth-order valence-corrected chi connectivity index (χ4v) is 3.12. The first-order valence-electron chi connectivity index (χ1n) is 8.77. The summed E-state index contributed by atoms with van der Waals surface area (Å²) >= 11 is 5.91. The lowest BCUT2D eigenvalue weighted by atomic mass is 9.97. The summed E-state index contributed by atoms with van der Waals surface area (Å²) < 4.78 is 0. The lowest BCUT2D eigenvalue weighted by molar-refractivity contribution is -0.121. The number of hydrogen-bond donors (Lipinski definition) is 1. The van der Waals surface area contributed by atoms with Gasteiger partial charge in [0, 0.05) is 11.4 Å². The van der Waals surface area contributed by atoms with Crippen LogP contribution in [0.5, 0.6) is 0 Å². The van der Waals surface area contributed by atoms with Crippen molar-refractivity contribution in [2.24, 2.45) is 0 Å². The van der Waals surface area contributed by atoms with Crippen LogP contribution >= 0.6 is 11.6 Å². The lowest BCUT2D eigenvalue weighted by Gasteiger charge is -2.20. The average molecular weight is 364 g/mol. The fourth-order valence-electron chi connectivity index (χ4n) is 3.00. The van der Waals surface area contributed by atoms with E-state index in [0.717, 1.165) is 16.7 Å². The molecule has 3 aromatic carbocycles. The number of rotatable bonds is 6. The number of nitrogens with one attached hydrogen (secondary N) is 1. The summed E-state index contributed by atoms with van der Waals surface area (Å²) in [6.07, 6.45) is 1.13. The quantitative estimate of drug-likeness (QED) is 0.616. The molecular formula is C23H22ClNO. The van der Waals surface area contributed by atoms with Gasteiger partial charge in [0.2, 0.25) is 5.91 Å². The highest BCUT2D eigenvalue weighted by molar-refractivity contribution is 6.30. The molecule has 3 rings (SSSR count). The van der Waals surface area contributed by atoms with E-state index in [9.17, 15) is 4.79 Å².